The molecule has 4 heteroatoms. The minimum Gasteiger partial charge on any atom is -0.419 e. The smallest absolute Gasteiger partial charge is 0.343 e. The molecule has 0 radical (unpaired) electrons. The van der Waals surface area contributed by atoms with Gasteiger partial charge in [0.25, 0.3) is 0 Å². The average molecular weight is 525 g/mol. The molecule has 204 valence electrons. The minimum atomic E-state index is -0.426. The monoisotopic (exact) mass is 524 g/mol. The molecule has 5 rings (SSSR count). The molecule has 3 aromatic carbocycles. The topological polar surface area (TPSA) is 52.6 Å². The van der Waals surface area contributed by atoms with Crippen LogP contribution in [0.3, 0.4) is 0 Å². The number of ether oxygens (including phenoxy) is 2. The number of benzene rings is 3. The van der Waals surface area contributed by atoms with Gasteiger partial charge < -0.3 is 9.47 Å². The quantitative estimate of drug-likeness (QED) is 0.218. The van der Waals surface area contributed by atoms with E-state index >= 15 is 0 Å². The summed E-state index contributed by atoms with van der Waals surface area (Å²) in [6.07, 6.45) is 13.4. The lowest BCUT2D eigenvalue weighted by atomic mass is 9.74. The Morgan fingerprint density at radius 3 is 1.67 bits per heavy atom. The first-order valence-electron chi connectivity index (χ1n) is 14.9. The lowest BCUT2D eigenvalue weighted by molar-refractivity contribution is 0.0678. The van der Waals surface area contributed by atoms with Gasteiger partial charge in [-0.05, 0) is 79.3 Å². The van der Waals surface area contributed by atoms with Crippen LogP contribution in [0.5, 0.6) is 11.5 Å². The van der Waals surface area contributed by atoms with Crippen LogP contribution in [0.15, 0.2) is 66.7 Å². The highest BCUT2D eigenvalue weighted by molar-refractivity contribution is 5.94. The third-order valence-corrected chi connectivity index (χ3v) is 8.37. The molecule has 0 heterocycles. The van der Waals surface area contributed by atoms with Crippen molar-refractivity contribution in [2.75, 3.05) is 0 Å². The number of esters is 2. The molecule has 0 N–H and O–H groups in total. The third-order valence-electron chi connectivity index (χ3n) is 8.37. The lowest BCUT2D eigenvalue weighted by Crippen LogP contribution is -2.20. The Labute approximate surface area is 232 Å². The fraction of sp³-hybridized carbons (Fsp3) is 0.429. The van der Waals surface area contributed by atoms with Gasteiger partial charge in [0.15, 0.2) is 11.5 Å². The number of rotatable bonds is 8. The van der Waals surface area contributed by atoms with E-state index in [0.29, 0.717) is 34.5 Å². The van der Waals surface area contributed by atoms with Crippen molar-refractivity contribution in [2.45, 2.75) is 95.8 Å². The van der Waals surface area contributed by atoms with Crippen LogP contribution in [0.25, 0.3) is 0 Å². The average Bonchev–Trinajstić information content (AvgIpc) is 3.00. The highest BCUT2D eigenvalue weighted by atomic mass is 16.6. The van der Waals surface area contributed by atoms with E-state index in [1.807, 2.05) is 36.4 Å². The predicted octanol–water partition coefficient (Wildman–Crippen LogP) is 9.17. The first-order valence-corrected chi connectivity index (χ1v) is 14.9. The molecule has 0 atom stereocenters. The van der Waals surface area contributed by atoms with Gasteiger partial charge in [-0.25, -0.2) is 9.59 Å². The van der Waals surface area contributed by atoms with E-state index in [1.54, 1.807) is 24.3 Å². The molecule has 4 nitrogen and oxygen atoms in total. The van der Waals surface area contributed by atoms with Gasteiger partial charge in [-0.2, -0.15) is 0 Å². The summed E-state index contributed by atoms with van der Waals surface area (Å²) in [5.41, 5.74) is 4.36. The molecule has 0 bridgehead atoms. The van der Waals surface area contributed by atoms with E-state index < -0.39 is 11.9 Å². The number of carbonyl (C=O) groups excluding carboxylic acids is 2. The van der Waals surface area contributed by atoms with Crippen LogP contribution in [0.4, 0.5) is 0 Å². The maximum Gasteiger partial charge on any atom is 0.343 e. The summed E-state index contributed by atoms with van der Waals surface area (Å²) in [7, 11) is 0. The Morgan fingerprint density at radius 2 is 1.15 bits per heavy atom. The fourth-order valence-corrected chi connectivity index (χ4v) is 6.41. The molecule has 0 aliphatic heterocycles. The van der Waals surface area contributed by atoms with Crippen molar-refractivity contribution >= 4 is 11.9 Å². The maximum absolute atomic E-state index is 13.6. The second kappa shape index (κ2) is 13.1. The first-order chi connectivity index (χ1) is 19.2. The second-order valence-electron chi connectivity index (χ2n) is 11.1. The molecular formula is C35H40O4. The lowest BCUT2D eigenvalue weighted by Gasteiger charge is -2.32. The molecule has 0 aromatic heterocycles. The third kappa shape index (κ3) is 6.43. The van der Waals surface area contributed by atoms with Crippen LogP contribution in [-0.2, 0) is 6.42 Å². The van der Waals surface area contributed by atoms with Crippen molar-refractivity contribution in [1.82, 2.24) is 0 Å². The molecule has 2 saturated carbocycles. The standard InChI is InChI=1S/C35H40O4/c1-2-15-29-24-30(25-16-7-3-8-17-25)31(26-18-9-4-10-19-26)33(39-35(37)28-22-13-6-14-23-28)32(29)38-34(36)27-20-11-5-12-21-27/h5-6,11-14,20-26H,2-4,7-10,15-19H2,1H3. The maximum atomic E-state index is 13.6. The summed E-state index contributed by atoms with van der Waals surface area (Å²) in [5.74, 6) is 0.804. The minimum absolute atomic E-state index is 0.291. The molecule has 0 unspecified atom stereocenters. The fourth-order valence-electron chi connectivity index (χ4n) is 6.41. The van der Waals surface area contributed by atoms with Crippen molar-refractivity contribution in [2.24, 2.45) is 0 Å². The molecule has 2 aliphatic rings. The highest BCUT2D eigenvalue weighted by Gasteiger charge is 2.33. The summed E-state index contributed by atoms with van der Waals surface area (Å²) in [4.78, 5) is 26.9. The Morgan fingerprint density at radius 1 is 0.667 bits per heavy atom. The number of aryl methyl sites for hydroxylation is 1. The molecule has 0 saturated heterocycles. The summed E-state index contributed by atoms with van der Waals surface area (Å²) in [5, 5.41) is 0. The Bertz CT molecular complexity index is 1250. The van der Waals surface area contributed by atoms with E-state index in [1.165, 1.54) is 31.2 Å². The zero-order chi connectivity index (χ0) is 27.0. The van der Waals surface area contributed by atoms with Gasteiger partial charge in [0.1, 0.15) is 0 Å². The van der Waals surface area contributed by atoms with E-state index in [0.717, 1.165) is 62.5 Å². The van der Waals surface area contributed by atoms with Gasteiger partial charge in [-0.3, -0.25) is 0 Å². The van der Waals surface area contributed by atoms with Crippen molar-refractivity contribution in [3.63, 3.8) is 0 Å². The second-order valence-corrected chi connectivity index (χ2v) is 11.1. The van der Waals surface area contributed by atoms with Crippen LogP contribution in [0.1, 0.15) is 127 Å². The highest BCUT2D eigenvalue weighted by Crippen LogP contribution is 2.50. The Balaban J connectivity index is 1.68. The van der Waals surface area contributed by atoms with Gasteiger partial charge in [0, 0.05) is 5.56 Å². The van der Waals surface area contributed by atoms with E-state index in [2.05, 4.69) is 13.0 Å². The summed E-state index contributed by atoms with van der Waals surface area (Å²) < 4.78 is 12.6. The Kier molecular flexibility index (Phi) is 9.13. The van der Waals surface area contributed by atoms with Crippen LogP contribution in [-0.4, -0.2) is 11.9 Å². The zero-order valence-electron chi connectivity index (χ0n) is 23.1. The molecule has 2 aliphatic carbocycles. The Hall–Kier alpha value is -3.40. The molecule has 0 spiro atoms. The summed E-state index contributed by atoms with van der Waals surface area (Å²) >= 11 is 0. The molecule has 0 amide bonds. The van der Waals surface area contributed by atoms with Crippen molar-refractivity contribution < 1.29 is 19.1 Å². The zero-order valence-corrected chi connectivity index (χ0v) is 23.1. The van der Waals surface area contributed by atoms with Gasteiger partial charge >= 0.3 is 11.9 Å². The van der Waals surface area contributed by atoms with E-state index in [9.17, 15) is 9.59 Å². The van der Waals surface area contributed by atoms with Crippen LogP contribution >= 0.6 is 0 Å². The van der Waals surface area contributed by atoms with Crippen molar-refractivity contribution in [3.05, 3.63) is 94.5 Å². The molecular weight excluding hydrogens is 484 g/mol. The van der Waals surface area contributed by atoms with Gasteiger partial charge in [-0.1, -0.05) is 94.3 Å². The van der Waals surface area contributed by atoms with Crippen molar-refractivity contribution in [1.29, 1.82) is 0 Å². The largest absolute Gasteiger partial charge is 0.419 e. The number of hydrogen-bond acceptors (Lipinski definition) is 4. The molecule has 3 aromatic rings. The molecule has 2 fully saturated rings. The van der Waals surface area contributed by atoms with Gasteiger partial charge in [0.05, 0.1) is 11.1 Å². The van der Waals surface area contributed by atoms with Gasteiger partial charge in [0.2, 0.25) is 0 Å². The van der Waals surface area contributed by atoms with Crippen molar-refractivity contribution in [3.8, 4) is 11.5 Å². The molecule has 39 heavy (non-hydrogen) atoms. The normalized spacial score (nSPS) is 16.5. The number of hydrogen-bond donors (Lipinski definition) is 0. The first kappa shape index (κ1) is 27.2. The van der Waals surface area contributed by atoms with E-state index in [4.69, 9.17) is 9.47 Å². The van der Waals surface area contributed by atoms with Gasteiger partial charge in [-0.15, -0.1) is 0 Å². The van der Waals surface area contributed by atoms with Crippen LogP contribution in [0, 0.1) is 0 Å². The van der Waals surface area contributed by atoms with Crippen LogP contribution in [0.2, 0.25) is 0 Å². The predicted molar refractivity (Wildman–Crippen MR) is 155 cm³/mol. The SMILES string of the molecule is CCCc1cc(C2CCCCC2)c(C2CCCCC2)c(OC(=O)c2ccccc2)c1OC(=O)c1ccccc1. The van der Waals surface area contributed by atoms with Crippen LogP contribution < -0.4 is 9.47 Å². The summed E-state index contributed by atoms with van der Waals surface area (Å²) in [6.45, 7) is 2.13. The number of carbonyl (C=O) groups is 2. The van der Waals surface area contributed by atoms with E-state index in [-0.39, 0.29) is 0 Å². The summed E-state index contributed by atoms with van der Waals surface area (Å²) in [6, 6.07) is 20.5.